The van der Waals surface area contributed by atoms with Crippen LogP contribution in [0.5, 0.6) is 0 Å². The highest BCUT2D eigenvalue weighted by atomic mass is 35.5. The fourth-order valence-corrected chi connectivity index (χ4v) is 6.78. The lowest BCUT2D eigenvalue weighted by Crippen LogP contribution is -2.59. The Bertz CT molecular complexity index is 1120. The number of rotatable bonds is 8. The summed E-state index contributed by atoms with van der Waals surface area (Å²) >= 11 is 6.35. The maximum absolute atomic E-state index is 12.9. The Balaban J connectivity index is 1.29. The smallest absolute Gasteiger partial charge is 0.278 e. The molecule has 0 saturated carbocycles. The second-order valence-electron chi connectivity index (χ2n) is 9.28. The third-order valence-corrected chi connectivity index (χ3v) is 9.41. The monoisotopic (exact) mass is 517 g/mol. The number of likely N-dealkylation sites (tertiary alicyclic amines) is 1. The van der Waals surface area contributed by atoms with E-state index in [1.54, 1.807) is 0 Å². The fourth-order valence-electron chi connectivity index (χ4n) is 4.78. The average molecular weight is 518 g/mol. The zero-order valence-corrected chi connectivity index (χ0v) is 21.1. The van der Waals surface area contributed by atoms with E-state index in [9.17, 15) is 8.78 Å². The Hall–Kier alpha value is -2.13. The van der Waals surface area contributed by atoms with Crippen molar-refractivity contribution in [3.8, 4) is 0 Å². The summed E-state index contributed by atoms with van der Waals surface area (Å²) in [6.45, 7) is 5.16. The van der Waals surface area contributed by atoms with E-state index in [1.807, 2.05) is 42.5 Å². The largest absolute Gasteiger partial charge is 0.318 e. The van der Waals surface area contributed by atoms with Crippen molar-refractivity contribution in [3.63, 3.8) is 0 Å². The first-order valence-electron chi connectivity index (χ1n) is 12.0. The molecule has 5 nitrogen and oxygen atoms in total. The van der Waals surface area contributed by atoms with Gasteiger partial charge in [-0.1, -0.05) is 58.5 Å². The summed E-state index contributed by atoms with van der Waals surface area (Å²) in [7, 11) is -0.226. The van der Waals surface area contributed by atoms with Gasteiger partial charge in [-0.15, -0.1) is 0 Å². The van der Waals surface area contributed by atoms with Crippen LogP contribution in [0.1, 0.15) is 30.4 Å². The molecule has 0 aromatic heterocycles. The molecular weight excluding hydrogens is 488 g/mol. The predicted molar refractivity (Wildman–Crippen MR) is 145 cm³/mol. The van der Waals surface area contributed by atoms with Gasteiger partial charge in [0.2, 0.25) is 0 Å². The van der Waals surface area contributed by atoms with Gasteiger partial charge in [0.05, 0.1) is 12.3 Å². The number of halogens is 3. The van der Waals surface area contributed by atoms with Crippen LogP contribution in [0, 0.1) is 0 Å². The standard InChI is InChI=1S/C26H30ClF2N5S/c1-35(23-9-11-33(12-10-23)22-15-30-16-22)34(21-4-2-3-20(27)13-21)17-18-5-7-19(8-6-18)24-14-25(26(28)29)32-31-24/h2-8,13,22-23,26,30H,1,9-12,14-17H2. The minimum Gasteiger partial charge on any atom is -0.318 e. The number of alkyl halides is 2. The van der Waals surface area contributed by atoms with E-state index in [0.29, 0.717) is 28.6 Å². The number of nitrogens with one attached hydrogen (secondary N) is 1. The Morgan fingerprint density at radius 3 is 2.46 bits per heavy atom. The van der Waals surface area contributed by atoms with E-state index in [-0.39, 0.29) is 22.8 Å². The number of hydrogen-bond acceptors (Lipinski definition) is 5. The van der Waals surface area contributed by atoms with E-state index in [1.165, 1.54) is 0 Å². The molecule has 2 fully saturated rings. The van der Waals surface area contributed by atoms with Gasteiger partial charge in [0.15, 0.2) is 0 Å². The summed E-state index contributed by atoms with van der Waals surface area (Å²) < 4.78 is 28.2. The average Bonchev–Trinajstić information content (AvgIpc) is 3.33. The second kappa shape index (κ2) is 10.9. The molecule has 2 aromatic carbocycles. The van der Waals surface area contributed by atoms with Gasteiger partial charge in [0, 0.05) is 41.5 Å². The highest BCUT2D eigenvalue weighted by Crippen LogP contribution is 2.38. The third-order valence-electron chi connectivity index (χ3n) is 7.03. The van der Waals surface area contributed by atoms with E-state index < -0.39 is 6.43 Å². The van der Waals surface area contributed by atoms with E-state index >= 15 is 0 Å². The minimum absolute atomic E-state index is 0.101. The van der Waals surface area contributed by atoms with Gasteiger partial charge in [-0.05, 0) is 55.3 Å². The predicted octanol–water partition coefficient (Wildman–Crippen LogP) is 5.21. The molecule has 35 heavy (non-hydrogen) atoms. The van der Waals surface area contributed by atoms with Crippen molar-refractivity contribution in [2.75, 3.05) is 30.5 Å². The highest BCUT2D eigenvalue weighted by molar-refractivity contribution is 8.15. The van der Waals surface area contributed by atoms with Gasteiger partial charge in [0.1, 0.15) is 5.71 Å². The van der Waals surface area contributed by atoms with E-state index in [4.69, 9.17) is 11.6 Å². The molecule has 3 aliphatic heterocycles. The van der Waals surface area contributed by atoms with Crippen LogP contribution in [0.3, 0.4) is 0 Å². The molecule has 1 atom stereocenters. The van der Waals surface area contributed by atoms with Crippen LogP contribution in [0.25, 0.3) is 0 Å². The molecule has 1 N–H and O–H groups in total. The summed E-state index contributed by atoms with van der Waals surface area (Å²) in [5.74, 6) is 4.65. The van der Waals surface area contributed by atoms with Crippen LogP contribution in [0.4, 0.5) is 14.5 Å². The SMILES string of the molecule is C=S(C1CCN(C2CNC2)CC1)N(Cc1ccc(C2=NN=C(C(F)F)C2)cc1)c1cccc(Cl)c1. The molecule has 3 heterocycles. The number of hydrogen-bond donors (Lipinski definition) is 1. The van der Waals surface area contributed by atoms with Crippen molar-refractivity contribution < 1.29 is 8.78 Å². The van der Waals surface area contributed by atoms with Gasteiger partial charge >= 0.3 is 0 Å². The fraction of sp³-hybridized carbons (Fsp3) is 0.423. The molecule has 2 aromatic rings. The van der Waals surface area contributed by atoms with Crippen LogP contribution in [-0.2, 0) is 6.54 Å². The quantitative estimate of drug-likeness (QED) is 0.489. The summed E-state index contributed by atoms with van der Waals surface area (Å²) in [5.41, 5.74) is 3.44. The van der Waals surface area contributed by atoms with Crippen LogP contribution < -0.4 is 9.62 Å². The van der Waals surface area contributed by atoms with Crippen molar-refractivity contribution in [1.82, 2.24) is 10.2 Å². The summed E-state index contributed by atoms with van der Waals surface area (Å²) in [4.78, 5) is 2.61. The maximum atomic E-state index is 12.9. The number of benzene rings is 2. The lowest BCUT2D eigenvalue weighted by atomic mass is 10.0. The molecule has 1 unspecified atom stereocenters. The lowest BCUT2D eigenvalue weighted by Gasteiger charge is -2.44. The van der Waals surface area contributed by atoms with Crippen LogP contribution in [0.2, 0.25) is 5.02 Å². The zero-order valence-electron chi connectivity index (χ0n) is 19.5. The summed E-state index contributed by atoms with van der Waals surface area (Å²) in [6.07, 6.45) is -0.172. The Morgan fingerprint density at radius 2 is 1.86 bits per heavy atom. The zero-order chi connectivity index (χ0) is 24.4. The molecule has 3 aliphatic rings. The molecular formula is C26H30ClF2N5S. The van der Waals surface area contributed by atoms with Crippen molar-refractivity contribution in [1.29, 1.82) is 0 Å². The summed E-state index contributed by atoms with van der Waals surface area (Å²) in [6, 6.07) is 16.6. The molecule has 0 amide bonds. The normalized spacial score (nSPS) is 20.5. The topological polar surface area (TPSA) is 43.2 Å². The summed E-state index contributed by atoms with van der Waals surface area (Å²) in [5, 5.41) is 12.2. The van der Waals surface area contributed by atoms with Crippen molar-refractivity contribution >= 4 is 45.3 Å². The van der Waals surface area contributed by atoms with Crippen LogP contribution >= 0.6 is 22.3 Å². The lowest BCUT2D eigenvalue weighted by molar-refractivity contribution is 0.123. The van der Waals surface area contributed by atoms with Gasteiger partial charge < -0.3 is 9.62 Å². The van der Waals surface area contributed by atoms with Gasteiger partial charge in [-0.3, -0.25) is 4.90 Å². The van der Waals surface area contributed by atoms with E-state index in [2.05, 4.69) is 36.7 Å². The molecule has 5 rings (SSSR count). The molecule has 0 spiro atoms. The third kappa shape index (κ3) is 5.66. The Labute approximate surface area is 212 Å². The van der Waals surface area contributed by atoms with Gasteiger partial charge in [0.25, 0.3) is 6.43 Å². The first kappa shape index (κ1) is 24.6. The van der Waals surface area contributed by atoms with Gasteiger partial charge in [-0.25, -0.2) is 8.78 Å². The minimum atomic E-state index is -2.56. The molecule has 0 aliphatic carbocycles. The Morgan fingerprint density at radius 1 is 1.11 bits per heavy atom. The number of piperidine rings is 1. The first-order valence-corrected chi connectivity index (χ1v) is 13.8. The van der Waals surface area contributed by atoms with Crippen molar-refractivity contribution in [3.05, 3.63) is 64.7 Å². The van der Waals surface area contributed by atoms with E-state index in [0.717, 1.165) is 55.8 Å². The highest BCUT2D eigenvalue weighted by Gasteiger charge is 2.30. The van der Waals surface area contributed by atoms with Gasteiger partial charge in [-0.2, -0.15) is 10.2 Å². The van der Waals surface area contributed by atoms with Crippen LogP contribution in [-0.4, -0.2) is 66.1 Å². The maximum Gasteiger partial charge on any atom is 0.278 e. The molecule has 2 saturated heterocycles. The number of anilines is 1. The molecule has 186 valence electrons. The van der Waals surface area contributed by atoms with Crippen molar-refractivity contribution in [2.45, 2.75) is 43.5 Å². The molecule has 9 heteroatoms. The van der Waals surface area contributed by atoms with Crippen molar-refractivity contribution in [2.24, 2.45) is 10.2 Å². The Kier molecular flexibility index (Phi) is 7.62. The molecule has 0 radical (unpaired) electrons. The first-order chi connectivity index (χ1) is 17.0. The molecule has 0 bridgehead atoms. The second-order valence-corrected chi connectivity index (χ2v) is 11.6. The number of nitrogens with zero attached hydrogens (tertiary/aromatic N) is 4. The van der Waals surface area contributed by atoms with Crippen LogP contribution in [0.15, 0.2) is 58.7 Å².